The Labute approximate surface area is 202 Å². The second-order valence-electron chi connectivity index (χ2n) is 8.76. The van der Waals surface area contributed by atoms with E-state index in [-0.39, 0.29) is 5.91 Å². The number of benzene rings is 2. The standard InChI is InChI=1S/C26H27N7O2/c1-14-11-17(25(34)32(3)4)8-9-19(14)29-26-30-23-22(24(31-26)35-6)18(13-27-23)16-7-10-20-21(12-16)33(5)15(2)28-20/h7-13H,1-6H3,(H2,27,29,30,31). The molecule has 5 aromatic rings. The zero-order chi connectivity index (χ0) is 24.9. The molecular weight excluding hydrogens is 442 g/mol. The highest BCUT2D eigenvalue weighted by Gasteiger charge is 2.18. The Hall–Kier alpha value is -4.40. The molecule has 0 saturated heterocycles. The highest BCUT2D eigenvalue weighted by Crippen LogP contribution is 2.36. The van der Waals surface area contributed by atoms with Crippen LogP contribution in [0.1, 0.15) is 21.7 Å². The van der Waals surface area contributed by atoms with Crippen LogP contribution in [0, 0.1) is 13.8 Å². The first-order chi connectivity index (χ1) is 16.8. The monoisotopic (exact) mass is 469 g/mol. The van der Waals surface area contributed by atoms with Gasteiger partial charge < -0.3 is 24.5 Å². The van der Waals surface area contributed by atoms with Gasteiger partial charge in [-0.3, -0.25) is 4.79 Å². The molecule has 2 N–H and O–H groups in total. The number of imidazole rings is 1. The number of hydrogen-bond acceptors (Lipinski definition) is 6. The van der Waals surface area contributed by atoms with Crippen molar-refractivity contribution in [3.63, 3.8) is 0 Å². The Balaban J connectivity index is 1.53. The third kappa shape index (κ3) is 3.84. The molecule has 0 saturated carbocycles. The third-order valence-electron chi connectivity index (χ3n) is 6.23. The summed E-state index contributed by atoms with van der Waals surface area (Å²) >= 11 is 0. The second kappa shape index (κ2) is 8.43. The summed E-state index contributed by atoms with van der Waals surface area (Å²) in [6, 6.07) is 11.7. The molecule has 3 heterocycles. The number of hydrogen-bond donors (Lipinski definition) is 2. The molecule has 0 aliphatic heterocycles. The lowest BCUT2D eigenvalue weighted by molar-refractivity contribution is 0.0827. The van der Waals surface area contributed by atoms with Gasteiger partial charge in [-0.15, -0.1) is 0 Å². The smallest absolute Gasteiger partial charge is 0.253 e. The SMILES string of the molecule is COc1nc(Nc2ccc(C(=O)N(C)C)cc2C)nc2[nH]cc(-c3ccc4nc(C)n(C)c4c3)c12. The summed E-state index contributed by atoms with van der Waals surface area (Å²) in [4.78, 5) is 31.0. The van der Waals surface area contributed by atoms with Crippen molar-refractivity contribution >= 4 is 39.6 Å². The average molecular weight is 470 g/mol. The van der Waals surface area contributed by atoms with E-state index in [0.717, 1.165) is 44.6 Å². The molecular formula is C26H27N7O2. The summed E-state index contributed by atoms with van der Waals surface area (Å²) in [6.07, 6.45) is 1.92. The van der Waals surface area contributed by atoms with Crippen LogP contribution in [0.15, 0.2) is 42.6 Å². The number of aromatic amines is 1. The van der Waals surface area contributed by atoms with Gasteiger partial charge >= 0.3 is 0 Å². The Bertz CT molecular complexity index is 1600. The van der Waals surface area contributed by atoms with Crippen LogP contribution in [0.25, 0.3) is 33.2 Å². The Morgan fingerprint density at radius 3 is 2.60 bits per heavy atom. The van der Waals surface area contributed by atoms with E-state index in [0.29, 0.717) is 23.0 Å². The third-order valence-corrected chi connectivity index (χ3v) is 6.23. The summed E-state index contributed by atoms with van der Waals surface area (Å²) in [6.45, 7) is 3.93. The van der Waals surface area contributed by atoms with Gasteiger partial charge in [-0.1, -0.05) is 6.07 Å². The van der Waals surface area contributed by atoms with Crippen LogP contribution < -0.4 is 10.1 Å². The highest BCUT2D eigenvalue weighted by molar-refractivity contribution is 5.99. The van der Waals surface area contributed by atoms with Crippen LogP contribution in [-0.2, 0) is 7.05 Å². The van der Waals surface area contributed by atoms with E-state index in [9.17, 15) is 4.79 Å². The summed E-state index contributed by atoms with van der Waals surface area (Å²) in [5, 5.41) is 4.06. The fourth-order valence-corrected chi connectivity index (χ4v) is 4.22. The van der Waals surface area contributed by atoms with Crippen LogP contribution in [0.3, 0.4) is 0 Å². The molecule has 5 rings (SSSR count). The van der Waals surface area contributed by atoms with Crippen LogP contribution >= 0.6 is 0 Å². The lowest BCUT2D eigenvalue weighted by Gasteiger charge is -2.14. The molecule has 178 valence electrons. The number of ether oxygens (including phenoxy) is 1. The number of aromatic nitrogens is 5. The molecule has 0 aliphatic carbocycles. The summed E-state index contributed by atoms with van der Waals surface area (Å²) < 4.78 is 7.74. The predicted octanol–water partition coefficient (Wildman–Crippen LogP) is 4.58. The first-order valence-electron chi connectivity index (χ1n) is 11.2. The fraction of sp³-hybridized carbons (Fsp3) is 0.231. The van der Waals surface area contributed by atoms with E-state index in [4.69, 9.17) is 4.74 Å². The summed E-state index contributed by atoms with van der Waals surface area (Å²) in [7, 11) is 7.08. The number of amides is 1. The molecule has 9 nitrogen and oxygen atoms in total. The number of nitrogens with one attached hydrogen (secondary N) is 2. The number of H-pyrrole nitrogens is 1. The van der Waals surface area contributed by atoms with E-state index in [2.05, 4.69) is 35.9 Å². The molecule has 0 radical (unpaired) electrons. The predicted molar refractivity (Wildman–Crippen MR) is 137 cm³/mol. The molecule has 0 atom stereocenters. The maximum atomic E-state index is 12.3. The van der Waals surface area contributed by atoms with Gasteiger partial charge in [0, 0.05) is 44.2 Å². The first kappa shape index (κ1) is 22.4. The number of carbonyl (C=O) groups is 1. The van der Waals surface area contributed by atoms with Crippen molar-refractivity contribution in [1.29, 1.82) is 0 Å². The number of fused-ring (bicyclic) bond motifs is 2. The van der Waals surface area contributed by atoms with Gasteiger partial charge in [-0.2, -0.15) is 9.97 Å². The lowest BCUT2D eigenvalue weighted by Crippen LogP contribution is -2.21. The van der Waals surface area contributed by atoms with Crippen molar-refractivity contribution in [2.75, 3.05) is 26.5 Å². The van der Waals surface area contributed by atoms with Crippen molar-refractivity contribution in [2.45, 2.75) is 13.8 Å². The Morgan fingerprint density at radius 2 is 1.89 bits per heavy atom. The van der Waals surface area contributed by atoms with Crippen LogP contribution in [-0.4, -0.2) is 56.5 Å². The normalized spacial score (nSPS) is 11.3. The van der Waals surface area contributed by atoms with Crippen LogP contribution in [0.5, 0.6) is 5.88 Å². The number of aryl methyl sites for hydroxylation is 3. The minimum Gasteiger partial charge on any atom is -0.480 e. The van der Waals surface area contributed by atoms with Crippen molar-refractivity contribution < 1.29 is 9.53 Å². The van der Waals surface area contributed by atoms with Crippen molar-refractivity contribution in [3.05, 3.63) is 59.5 Å². The van der Waals surface area contributed by atoms with Crippen molar-refractivity contribution in [1.82, 2.24) is 29.4 Å². The molecule has 35 heavy (non-hydrogen) atoms. The molecule has 0 spiro atoms. The Kier molecular flexibility index (Phi) is 5.39. The van der Waals surface area contributed by atoms with Gasteiger partial charge in [-0.05, 0) is 55.3 Å². The number of nitrogens with zero attached hydrogens (tertiary/aromatic N) is 5. The maximum absolute atomic E-state index is 12.3. The Morgan fingerprint density at radius 1 is 1.09 bits per heavy atom. The quantitative estimate of drug-likeness (QED) is 0.391. The minimum absolute atomic E-state index is 0.0441. The molecule has 0 unspecified atom stereocenters. The molecule has 3 aromatic heterocycles. The highest BCUT2D eigenvalue weighted by atomic mass is 16.5. The molecule has 2 aromatic carbocycles. The maximum Gasteiger partial charge on any atom is 0.253 e. The number of carbonyl (C=O) groups excluding carboxylic acids is 1. The molecule has 0 fully saturated rings. The van der Waals surface area contributed by atoms with Gasteiger partial charge in [0.1, 0.15) is 11.5 Å². The van der Waals surface area contributed by atoms with Gasteiger partial charge in [0.25, 0.3) is 5.91 Å². The summed E-state index contributed by atoms with van der Waals surface area (Å²) in [5.41, 5.74) is 6.99. The molecule has 9 heteroatoms. The van der Waals surface area contributed by atoms with Gasteiger partial charge in [0.05, 0.1) is 23.5 Å². The van der Waals surface area contributed by atoms with Gasteiger partial charge in [-0.25, -0.2) is 4.98 Å². The molecule has 0 aliphatic rings. The number of methoxy groups -OCH3 is 1. The number of anilines is 2. The zero-order valence-electron chi connectivity index (χ0n) is 20.6. The van der Waals surface area contributed by atoms with Gasteiger partial charge in [0.15, 0.2) is 0 Å². The fourth-order valence-electron chi connectivity index (χ4n) is 4.22. The number of rotatable bonds is 5. The van der Waals surface area contributed by atoms with Crippen molar-refractivity contribution in [2.24, 2.45) is 7.05 Å². The molecule has 1 amide bonds. The van der Waals surface area contributed by atoms with Crippen LogP contribution in [0.4, 0.5) is 11.6 Å². The topological polar surface area (TPSA) is 101 Å². The largest absolute Gasteiger partial charge is 0.480 e. The van der Waals surface area contributed by atoms with E-state index in [1.165, 1.54) is 0 Å². The van der Waals surface area contributed by atoms with E-state index < -0.39 is 0 Å². The lowest BCUT2D eigenvalue weighted by atomic mass is 10.1. The van der Waals surface area contributed by atoms with E-state index in [1.54, 1.807) is 32.2 Å². The zero-order valence-corrected chi connectivity index (χ0v) is 20.6. The van der Waals surface area contributed by atoms with E-state index >= 15 is 0 Å². The molecule has 0 bridgehead atoms. The van der Waals surface area contributed by atoms with Crippen molar-refractivity contribution in [3.8, 4) is 17.0 Å². The first-order valence-corrected chi connectivity index (χ1v) is 11.2. The summed E-state index contributed by atoms with van der Waals surface area (Å²) in [5.74, 6) is 1.78. The van der Waals surface area contributed by atoms with Crippen LogP contribution in [0.2, 0.25) is 0 Å². The van der Waals surface area contributed by atoms with Gasteiger partial charge in [0.2, 0.25) is 11.8 Å². The van der Waals surface area contributed by atoms with E-state index in [1.807, 2.05) is 51.4 Å². The minimum atomic E-state index is -0.0441. The average Bonchev–Trinajstić information content (AvgIpc) is 3.39. The second-order valence-corrected chi connectivity index (χ2v) is 8.76.